The summed E-state index contributed by atoms with van der Waals surface area (Å²) in [5.74, 6) is 1.33. The van der Waals surface area contributed by atoms with E-state index in [1.165, 1.54) is 25.3 Å². The monoisotopic (exact) mass is 454 g/mol. The normalized spacial score (nSPS) is 20.0. The van der Waals surface area contributed by atoms with Gasteiger partial charge < -0.3 is 29.7 Å². The third kappa shape index (κ3) is 4.69. The summed E-state index contributed by atoms with van der Waals surface area (Å²) in [6.45, 7) is 2.97. The molecule has 0 spiro atoms. The molecule has 2 aromatic rings. The van der Waals surface area contributed by atoms with Crippen LogP contribution < -0.4 is 30.7 Å². The molecule has 1 fully saturated rings. The molecular formula is C22H26N6O5. The Kier molecular flexibility index (Phi) is 6.33. The lowest BCUT2D eigenvalue weighted by molar-refractivity contribution is -0.384. The van der Waals surface area contributed by atoms with Crippen molar-refractivity contribution in [1.82, 2.24) is 5.32 Å². The van der Waals surface area contributed by atoms with Crippen LogP contribution in [0.5, 0.6) is 11.5 Å². The average molecular weight is 454 g/mol. The van der Waals surface area contributed by atoms with Crippen molar-refractivity contribution in [2.24, 2.45) is 10.7 Å². The molecule has 1 unspecified atom stereocenters. The first kappa shape index (κ1) is 22.4. The van der Waals surface area contributed by atoms with E-state index in [0.717, 1.165) is 18.8 Å². The van der Waals surface area contributed by atoms with Crippen LogP contribution in [0.25, 0.3) is 0 Å². The number of benzene rings is 2. The topological polar surface area (TPSA) is 137 Å². The maximum atomic E-state index is 11.2. The van der Waals surface area contributed by atoms with Gasteiger partial charge in [-0.15, -0.1) is 0 Å². The van der Waals surface area contributed by atoms with Gasteiger partial charge in [0.25, 0.3) is 5.69 Å². The van der Waals surface area contributed by atoms with E-state index in [1.807, 2.05) is 18.2 Å². The van der Waals surface area contributed by atoms with Crippen LogP contribution in [0.4, 0.5) is 17.1 Å². The Balaban J connectivity index is 1.64. The fourth-order valence-electron chi connectivity index (χ4n) is 3.78. The summed E-state index contributed by atoms with van der Waals surface area (Å²) >= 11 is 0. The largest absolute Gasteiger partial charge is 0.496 e. The minimum Gasteiger partial charge on any atom is -0.496 e. The van der Waals surface area contributed by atoms with E-state index < -0.39 is 10.6 Å². The summed E-state index contributed by atoms with van der Waals surface area (Å²) in [7, 11) is 3.07. The third-order valence-electron chi connectivity index (χ3n) is 5.49. The lowest BCUT2D eigenvalue weighted by Gasteiger charge is -2.31. The van der Waals surface area contributed by atoms with Gasteiger partial charge in [0, 0.05) is 48.7 Å². The number of non-ortho nitro benzene ring substituents is 1. The Hall–Kier alpha value is -3.83. The molecule has 33 heavy (non-hydrogen) atoms. The molecule has 2 aliphatic rings. The summed E-state index contributed by atoms with van der Waals surface area (Å²) in [5.41, 5.74) is 7.43. The second-order valence-electron chi connectivity index (χ2n) is 7.51. The Morgan fingerprint density at radius 1 is 1.18 bits per heavy atom. The van der Waals surface area contributed by atoms with Crippen molar-refractivity contribution < 1.29 is 19.1 Å². The van der Waals surface area contributed by atoms with E-state index in [0.29, 0.717) is 41.9 Å². The predicted molar refractivity (Wildman–Crippen MR) is 125 cm³/mol. The first-order valence-electron chi connectivity index (χ1n) is 10.4. The second kappa shape index (κ2) is 9.35. The fraction of sp³-hybridized carbons (Fsp3) is 0.318. The summed E-state index contributed by atoms with van der Waals surface area (Å²) in [4.78, 5) is 17.6. The maximum Gasteiger partial charge on any atom is 0.271 e. The minimum atomic E-state index is -1.23. The van der Waals surface area contributed by atoms with Gasteiger partial charge in [0.2, 0.25) is 5.96 Å². The van der Waals surface area contributed by atoms with Crippen LogP contribution in [0.1, 0.15) is 5.56 Å². The van der Waals surface area contributed by atoms with Crippen LogP contribution in [-0.4, -0.2) is 51.4 Å². The fourth-order valence-corrected chi connectivity index (χ4v) is 3.78. The smallest absolute Gasteiger partial charge is 0.271 e. The number of ether oxygens (including phenoxy) is 3. The number of morpholine rings is 1. The van der Waals surface area contributed by atoms with Crippen molar-refractivity contribution in [3.8, 4) is 11.5 Å². The van der Waals surface area contributed by atoms with Crippen molar-refractivity contribution in [3.63, 3.8) is 0 Å². The van der Waals surface area contributed by atoms with E-state index in [4.69, 9.17) is 19.9 Å². The second-order valence-corrected chi connectivity index (χ2v) is 7.51. The highest BCUT2D eigenvalue weighted by atomic mass is 16.6. The lowest BCUT2D eigenvalue weighted by atomic mass is 9.98. The van der Waals surface area contributed by atoms with Gasteiger partial charge in [-0.1, -0.05) is 0 Å². The zero-order valence-electron chi connectivity index (χ0n) is 18.4. The summed E-state index contributed by atoms with van der Waals surface area (Å²) in [5, 5.41) is 17.2. The van der Waals surface area contributed by atoms with Crippen LogP contribution >= 0.6 is 0 Å². The molecule has 0 bridgehead atoms. The Labute approximate surface area is 191 Å². The first-order chi connectivity index (χ1) is 15.9. The van der Waals surface area contributed by atoms with Gasteiger partial charge in [0.1, 0.15) is 11.5 Å². The van der Waals surface area contributed by atoms with Crippen LogP contribution in [-0.2, 0) is 10.4 Å². The number of rotatable bonds is 6. The molecule has 0 aromatic heterocycles. The Morgan fingerprint density at radius 3 is 2.64 bits per heavy atom. The highest BCUT2D eigenvalue weighted by molar-refractivity contribution is 5.97. The number of aliphatic imine (C=N–C) groups is 1. The van der Waals surface area contributed by atoms with E-state index in [-0.39, 0.29) is 5.69 Å². The molecule has 11 nitrogen and oxygen atoms in total. The molecule has 1 atom stereocenters. The number of nitro groups is 1. The van der Waals surface area contributed by atoms with Crippen LogP contribution in [0.2, 0.25) is 0 Å². The number of nitrogens with zero attached hydrogens (tertiary/aromatic N) is 3. The zero-order valence-corrected chi connectivity index (χ0v) is 18.4. The Morgan fingerprint density at radius 2 is 1.94 bits per heavy atom. The van der Waals surface area contributed by atoms with Gasteiger partial charge >= 0.3 is 0 Å². The van der Waals surface area contributed by atoms with E-state index in [1.54, 1.807) is 19.4 Å². The summed E-state index contributed by atoms with van der Waals surface area (Å²) in [6.07, 6.45) is 3.38. The van der Waals surface area contributed by atoms with E-state index >= 15 is 0 Å². The highest BCUT2D eigenvalue weighted by Crippen LogP contribution is 2.35. The van der Waals surface area contributed by atoms with Crippen molar-refractivity contribution in [3.05, 3.63) is 64.4 Å². The van der Waals surface area contributed by atoms with Crippen LogP contribution in [0.3, 0.4) is 0 Å². The summed E-state index contributed by atoms with van der Waals surface area (Å²) < 4.78 is 16.4. The molecule has 4 rings (SSSR count). The molecule has 0 amide bonds. The van der Waals surface area contributed by atoms with Crippen molar-refractivity contribution in [1.29, 1.82) is 0 Å². The molecular weight excluding hydrogens is 428 g/mol. The molecule has 0 aliphatic carbocycles. The van der Waals surface area contributed by atoms with Gasteiger partial charge in [0.15, 0.2) is 5.66 Å². The zero-order chi connectivity index (χ0) is 23.4. The maximum absolute atomic E-state index is 11.2. The van der Waals surface area contributed by atoms with Gasteiger partial charge in [0.05, 0.1) is 38.0 Å². The predicted octanol–water partition coefficient (Wildman–Crippen LogP) is 2.15. The number of methoxy groups -OCH3 is 2. The molecule has 0 radical (unpaired) electrons. The SMILES string of the molecule is COc1ccc([N+](=O)[O-])cc1NC1=NC(N)(c2ccc(N3CCOCC3)cc2OC)C=CN1. The number of anilines is 2. The number of guanidine groups is 1. The number of nitro benzene ring substituents is 1. The van der Waals surface area contributed by atoms with Crippen LogP contribution in [0, 0.1) is 10.1 Å². The van der Waals surface area contributed by atoms with Gasteiger partial charge in [-0.2, -0.15) is 0 Å². The molecule has 2 heterocycles. The average Bonchev–Trinajstić information content (AvgIpc) is 2.84. The molecule has 11 heteroatoms. The number of nitrogens with two attached hydrogens (primary N) is 1. The standard InChI is InChI=1S/C22H26N6O5/c1-31-19-6-4-16(28(29)30)13-18(19)25-21-24-8-7-22(23,26-21)17-5-3-15(14-20(17)32-2)27-9-11-33-12-10-27/h3-8,13-14H,9-12,23H2,1-2H3,(H2,24,25,26). The van der Waals surface area contributed by atoms with Crippen LogP contribution in [0.15, 0.2) is 53.7 Å². The minimum absolute atomic E-state index is 0.0790. The lowest BCUT2D eigenvalue weighted by Crippen LogP contribution is -2.42. The van der Waals surface area contributed by atoms with E-state index in [9.17, 15) is 10.1 Å². The number of nitrogens with one attached hydrogen (secondary N) is 2. The van der Waals surface area contributed by atoms with Crippen molar-refractivity contribution in [2.75, 3.05) is 50.7 Å². The number of hydrogen-bond acceptors (Lipinski definition) is 10. The third-order valence-corrected chi connectivity index (χ3v) is 5.49. The van der Waals surface area contributed by atoms with Gasteiger partial charge in [-0.25, -0.2) is 4.99 Å². The molecule has 2 aliphatic heterocycles. The molecule has 2 aromatic carbocycles. The van der Waals surface area contributed by atoms with Gasteiger partial charge in [-0.05, 0) is 24.3 Å². The highest BCUT2D eigenvalue weighted by Gasteiger charge is 2.31. The van der Waals surface area contributed by atoms with Crippen molar-refractivity contribution >= 4 is 23.0 Å². The molecule has 1 saturated heterocycles. The number of hydrogen-bond donors (Lipinski definition) is 3. The van der Waals surface area contributed by atoms with E-state index in [2.05, 4.69) is 20.5 Å². The summed E-state index contributed by atoms with van der Waals surface area (Å²) in [6, 6.07) is 10.1. The van der Waals surface area contributed by atoms with Crippen molar-refractivity contribution in [2.45, 2.75) is 5.66 Å². The molecule has 4 N–H and O–H groups in total. The molecule has 0 saturated carbocycles. The van der Waals surface area contributed by atoms with Gasteiger partial charge in [-0.3, -0.25) is 15.8 Å². The molecule has 174 valence electrons. The first-order valence-corrected chi connectivity index (χ1v) is 10.4. The Bertz CT molecular complexity index is 1100. The quantitative estimate of drug-likeness (QED) is 0.443.